The van der Waals surface area contributed by atoms with Crippen LogP contribution in [-0.4, -0.2) is 30.1 Å². The number of nitrogens with one attached hydrogen (secondary N) is 1. The van der Waals surface area contributed by atoms with E-state index in [1.54, 1.807) is 6.92 Å². The molecule has 1 fully saturated rings. The molecule has 0 aliphatic carbocycles. The maximum atomic E-state index is 11.8. The summed E-state index contributed by atoms with van der Waals surface area (Å²) in [6, 6.07) is 7.70. The summed E-state index contributed by atoms with van der Waals surface area (Å²) in [7, 11) is 0. The van der Waals surface area contributed by atoms with Gasteiger partial charge in [0, 0.05) is 18.8 Å². The molecule has 2 N–H and O–H groups in total. The Bertz CT molecular complexity index is 414. The predicted molar refractivity (Wildman–Crippen MR) is 71.5 cm³/mol. The summed E-state index contributed by atoms with van der Waals surface area (Å²) >= 11 is 0. The van der Waals surface area contributed by atoms with Crippen LogP contribution in [0.5, 0.6) is 0 Å². The van der Waals surface area contributed by atoms with Gasteiger partial charge in [0.15, 0.2) is 0 Å². The Morgan fingerprint density at radius 1 is 1.44 bits per heavy atom. The molecule has 1 aliphatic rings. The Hall–Kier alpha value is -1.55. The highest BCUT2D eigenvalue weighted by Crippen LogP contribution is 2.23. The normalized spacial score (nSPS) is 21.6. The van der Waals surface area contributed by atoms with Gasteiger partial charge in [-0.2, -0.15) is 0 Å². The van der Waals surface area contributed by atoms with Crippen LogP contribution in [0.3, 0.4) is 0 Å². The van der Waals surface area contributed by atoms with Crippen LogP contribution in [-0.2, 0) is 4.79 Å². The van der Waals surface area contributed by atoms with Crippen LogP contribution >= 0.6 is 0 Å². The molecule has 2 atom stereocenters. The number of anilines is 1. The van der Waals surface area contributed by atoms with E-state index in [1.807, 2.05) is 31.2 Å². The second-order valence-corrected chi connectivity index (χ2v) is 4.68. The molecular formula is C14H20N2O2. The number of hydrogen-bond donors (Lipinski definition) is 2. The van der Waals surface area contributed by atoms with Crippen molar-refractivity contribution in [2.45, 2.75) is 32.4 Å². The lowest BCUT2D eigenvalue weighted by Gasteiger charge is -2.36. The van der Waals surface area contributed by atoms with E-state index in [0.717, 1.165) is 24.2 Å². The number of nitrogens with zero attached hydrogens (tertiary/aromatic N) is 1. The quantitative estimate of drug-likeness (QED) is 0.851. The van der Waals surface area contributed by atoms with E-state index < -0.39 is 6.10 Å². The molecule has 1 amide bonds. The summed E-state index contributed by atoms with van der Waals surface area (Å²) in [5.74, 6) is 0.100. The topological polar surface area (TPSA) is 52.6 Å². The van der Waals surface area contributed by atoms with Gasteiger partial charge in [-0.1, -0.05) is 19.1 Å². The minimum Gasteiger partial charge on any atom is -0.389 e. The summed E-state index contributed by atoms with van der Waals surface area (Å²) in [5.41, 5.74) is 1.94. The molecule has 1 aromatic rings. The molecule has 0 aromatic heterocycles. The number of hydrogen-bond acceptors (Lipinski definition) is 3. The highest BCUT2D eigenvalue weighted by Gasteiger charge is 2.27. The minimum atomic E-state index is -0.453. The highest BCUT2D eigenvalue weighted by atomic mass is 16.3. The molecule has 2 rings (SSSR count). The van der Waals surface area contributed by atoms with Gasteiger partial charge in [-0.25, -0.2) is 0 Å². The minimum absolute atomic E-state index is 0.0869. The average Bonchev–Trinajstić information content (AvgIpc) is 2.38. The Kier molecular flexibility index (Phi) is 3.87. The monoisotopic (exact) mass is 248 g/mol. The fourth-order valence-electron chi connectivity index (χ4n) is 2.37. The van der Waals surface area contributed by atoms with Crippen LogP contribution in [0.4, 0.5) is 5.69 Å². The summed E-state index contributed by atoms with van der Waals surface area (Å²) in [6.07, 6.45) is 0.343. The molecule has 0 radical (unpaired) electrons. The van der Waals surface area contributed by atoms with Crippen molar-refractivity contribution in [2.75, 3.05) is 18.0 Å². The van der Waals surface area contributed by atoms with Gasteiger partial charge in [0.2, 0.25) is 5.91 Å². The third-order valence-corrected chi connectivity index (χ3v) is 3.42. The molecule has 1 unspecified atom stereocenters. The number of aliphatic hydroxyl groups excluding tert-OH is 1. The van der Waals surface area contributed by atoms with Crippen LogP contribution in [0.25, 0.3) is 0 Å². The number of carbonyl (C=O) groups is 1. The average molecular weight is 248 g/mol. The Labute approximate surface area is 108 Å². The molecular weight excluding hydrogens is 228 g/mol. The third kappa shape index (κ3) is 2.48. The number of piperazine rings is 1. The first-order valence-corrected chi connectivity index (χ1v) is 6.46. The number of amides is 1. The first kappa shape index (κ1) is 12.9. The zero-order valence-electron chi connectivity index (χ0n) is 10.9. The number of aliphatic hydroxyl groups is 1. The standard InChI is InChI=1S/C14H20N2O2/c1-3-13-14(18)15-8-9-16(13)12-6-4-11(5-7-12)10(2)17/h4-7,10,13,17H,3,8-9H2,1-2H3,(H,15,18)/t10-,13?/m1/s1. The number of benzene rings is 1. The lowest BCUT2D eigenvalue weighted by Crippen LogP contribution is -2.55. The second-order valence-electron chi connectivity index (χ2n) is 4.68. The fraction of sp³-hybridized carbons (Fsp3) is 0.500. The third-order valence-electron chi connectivity index (χ3n) is 3.42. The first-order valence-electron chi connectivity index (χ1n) is 6.46. The van der Waals surface area contributed by atoms with E-state index in [-0.39, 0.29) is 11.9 Å². The molecule has 1 aromatic carbocycles. The first-order chi connectivity index (χ1) is 8.63. The highest BCUT2D eigenvalue weighted by molar-refractivity contribution is 5.86. The van der Waals surface area contributed by atoms with Crippen molar-refractivity contribution >= 4 is 11.6 Å². The van der Waals surface area contributed by atoms with Crippen LogP contribution in [0.15, 0.2) is 24.3 Å². The van der Waals surface area contributed by atoms with E-state index in [1.165, 1.54) is 0 Å². The van der Waals surface area contributed by atoms with Gasteiger partial charge in [-0.05, 0) is 31.0 Å². The zero-order chi connectivity index (χ0) is 13.1. The molecule has 1 saturated heterocycles. The molecule has 0 bridgehead atoms. The summed E-state index contributed by atoms with van der Waals surface area (Å²) in [4.78, 5) is 13.9. The SMILES string of the molecule is CCC1C(=O)NCCN1c1ccc([C@@H](C)O)cc1. The molecule has 18 heavy (non-hydrogen) atoms. The van der Waals surface area contributed by atoms with Crippen molar-refractivity contribution < 1.29 is 9.90 Å². The molecule has 0 spiro atoms. The van der Waals surface area contributed by atoms with E-state index in [0.29, 0.717) is 6.54 Å². The fourth-order valence-corrected chi connectivity index (χ4v) is 2.37. The van der Waals surface area contributed by atoms with Crippen molar-refractivity contribution in [1.29, 1.82) is 0 Å². The Balaban J connectivity index is 2.21. The smallest absolute Gasteiger partial charge is 0.242 e. The lowest BCUT2D eigenvalue weighted by molar-refractivity contribution is -0.123. The van der Waals surface area contributed by atoms with Crippen molar-refractivity contribution in [3.05, 3.63) is 29.8 Å². The summed E-state index contributed by atoms with van der Waals surface area (Å²) in [6.45, 7) is 5.29. The predicted octanol–water partition coefficient (Wildman–Crippen LogP) is 1.45. The van der Waals surface area contributed by atoms with Crippen LogP contribution in [0.1, 0.15) is 31.9 Å². The Morgan fingerprint density at radius 3 is 2.67 bits per heavy atom. The van der Waals surface area contributed by atoms with Gasteiger partial charge in [0.05, 0.1) is 6.10 Å². The number of carbonyl (C=O) groups excluding carboxylic acids is 1. The molecule has 1 heterocycles. The van der Waals surface area contributed by atoms with Crippen molar-refractivity contribution in [3.8, 4) is 0 Å². The van der Waals surface area contributed by atoms with Gasteiger partial charge in [0.25, 0.3) is 0 Å². The van der Waals surface area contributed by atoms with Gasteiger partial charge in [-0.3, -0.25) is 4.79 Å². The second kappa shape index (κ2) is 5.40. The van der Waals surface area contributed by atoms with Crippen LogP contribution in [0, 0.1) is 0 Å². The van der Waals surface area contributed by atoms with Gasteiger partial charge in [-0.15, -0.1) is 0 Å². The number of rotatable bonds is 3. The van der Waals surface area contributed by atoms with Crippen LogP contribution < -0.4 is 10.2 Å². The maximum Gasteiger partial charge on any atom is 0.242 e. The van der Waals surface area contributed by atoms with Crippen molar-refractivity contribution in [3.63, 3.8) is 0 Å². The van der Waals surface area contributed by atoms with Crippen molar-refractivity contribution in [2.24, 2.45) is 0 Å². The van der Waals surface area contributed by atoms with E-state index in [9.17, 15) is 9.90 Å². The molecule has 0 saturated carbocycles. The maximum absolute atomic E-state index is 11.8. The summed E-state index contributed by atoms with van der Waals surface area (Å²) in [5, 5.41) is 12.4. The molecule has 4 heteroatoms. The largest absolute Gasteiger partial charge is 0.389 e. The van der Waals surface area contributed by atoms with Crippen molar-refractivity contribution in [1.82, 2.24) is 5.32 Å². The zero-order valence-corrected chi connectivity index (χ0v) is 10.9. The molecule has 98 valence electrons. The van der Waals surface area contributed by atoms with E-state index >= 15 is 0 Å². The van der Waals surface area contributed by atoms with E-state index in [4.69, 9.17) is 0 Å². The molecule has 1 aliphatic heterocycles. The lowest BCUT2D eigenvalue weighted by atomic mass is 10.1. The van der Waals surface area contributed by atoms with Crippen LogP contribution in [0.2, 0.25) is 0 Å². The summed E-state index contributed by atoms with van der Waals surface area (Å²) < 4.78 is 0. The Morgan fingerprint density at radius 2 is 2.11 bits per heavy atom. The van der Waals surface area contributed by atoms with Gasteiger partial charge in [0.1, 0.15) is 6.04 Å². The molecule has 4 nitrogen and oxygen atoms in total. The van der Waals surface area contributed by atoms with Gasteiger partial charge < -0.3 is 15.3 Å². The van der Waals surface area contributed by atoms with E-state index in [2.05, 4.69) is 10.2 Å². The van der Waals surface area contributed by atoms with Gasteiger partial charge >= 0.3 is 0 Å².